The van der Waals surface area contributed by atoms with Gasteiger partial charge in [-0.15, -0.1) is 0 Å². The zero-order chi connectivity index (χ0) is 110. The SMILES string of the molecule is CC(C)(C)c1ccc(-c2ccccc2)c2ccccc12.CC(C)(C)c1ccc(C#N)cc1.CC(C)(C)c1ccc(F)c(-c2ccccc2)c1.CC(C)(C)c1ccc(F)cc1.CC(C)(C)c1ccc(F)cc1-c1ccccc1.CC(C)(C)c1ccc2cc(-c3ccccc3)ccc2c1.CC(C)(C)c1ccc2ccccc2c1.CC(C)(C)c1cccc(C#N)c1.CC(C)(C)c1cccc2ccccc12.CC(C)(C)c1ccccc1C#N. The van der Waals surface area contributed by atoms with E-state index in [1.54, 1.807) is 12.1 Å². The molecule has 0 unspecified atom stereocenters. The molecule has 0 aliphatic carbocycles. The molecule has 149 heavy (non-hydrogen) atoms. The van der Waals surface area contributed by atoms with Crippen LogP contribution < -0.4 is 0 Å². The van der Waals surface area contributed by atoms with Crippen LogP contribution in [0.15, 0.2) is 413 Å². The molecule has 0 atom stereocenters. The minimum absolute atomic E-state index is 0.0128. The van der Waals surface area contributed by atoms with Crippen molar-refractivity contribution >= 4 is 43.1 Å². The predicted octanol–water partition coefficient (Wildman–Crippen LogP) is 41.2. The topological polar surface area (TPSA) is 71.4 Å². The quantitative estimate of drug-likeness (QED) is 0.176. The van der Waals surface area contributed by atoms with Crippen LogP contribution in [0.5, 0.6) is 0 Å². The van der Waals surface area contributed by atoms with Crippen LogP contribution in [0.25, 0.3) is 87.6 Å². The third kappa shape index (κ3) is 35.8. The molecule has 0 heterocycles. The molecule has 0 spiro atoms. The molecule has 0 N–H and O–H groups in total. The van der Waals surface area contributed by atoms with Crippen molar-refractivity contribution in [1.29, 1.82) is 15.8 Å². The molecule has 0 aliphatic rings. The Kier molecular flexibility index (Phi) is 40.9. The van der Waals surface area contributed by atoms with E-state index < -0.39 is 0 Å². The first-order valence-electron chi connectivity index (χ1n) is 52.0. The van der Waals surface area contributed by atoms with Gasteiger partial charge < -0.3 is 0 Å². The monoisotopic (exact) mass is 1970 g/mol. The first kappa shape index (κ1) is 118. The van der Waals surface area contributed by atoms with Crippen LogP contribution in [0, 0.1) is 51.4 Å². The number of halogens is 3. The number of rotatable bonds is 4. The Hall–Kier alpha value is -14.7. The van der Waals surface area contributed by atoms with E-state index >= 15 is 0 Å². The van der Waals surface area contributed by atoms with Crippen molar-refractivity contribution in [3.63, 3.8) is 0 Å². The van der Waals surface area contributed by atoms with Gasteiger partial charge in [-0.3, -0.25) is 0 Å². The Labute approximate surface area is 892 Å². The largest absolute Gasteiger partial charge is 0.207 e. The summed E-state index contributed by atoms with van der Waals surface area (Å²) in [6, 6.07) is 145. The molecular formula is C143H158F3N3. The molecule has 766 valence electrons. The van der Waals surface area contributed by atoms with Gasteiger partial charge in [0.25, 0.3) is 0 Å². The second-order valence-corrected chi connectivity index (χ2v) is 48.5. The number of nitrogens with zero attached hydrogens (tertiary/aromatic N) is 3. The minimum Gasteiger partial charge on any atom is -0.207 e. The van der Waals surface area contributed by atoms with Gasteiger partial charge in [-0.1, -0.05) is 547 Å². The van der Waals surface area contributed by atoms with Crippen LogP contribution in [-0.2, 0) is 54.1 Å². The highest BCUT2D eigenvalue weighted by Gasteiger charge is 2.25. The van der Waals surface area contributed by atoms with Crippen molar-refractivity contribution in [2.45, 2.75) is 262 Å². The fraction of sp³-hybridized carbons (Fsp3) is 0.280. The highest BCUT2D eigenvalue weighted by atomic mass is 19.1. The van der Waals surface area contributed by atoms with Crippen molar-refractivity contribution in [3.8, 4) is 62.7 Å². The van der Waals surface area contributed by atoms with Gasteiger partial charge >= 0.3 is 0 Å². The Morgan fingerprint density at radius 2 is 0.503 bits per heavy atom. The van der Waals surface area contributed by atoms with Gasteiger partial charge in [0, 0.05) is 5.56 Å². The van der Waals surface area contributed by atoms with E-state index in [0.29, 0.717) is 5.56 Å². The number of hydrogen-bond donors (Lipinski definition) is 0. The smallest absolute Gasteiger partial charge is 0.131 e. The minimum atomic E-state index is -0.183. The highest BCUT2D eigenvalue weighted by molar-refractivity contribution is 5.99. The van der Waals surface area contributed by atoms with Crippen molar-refractivity contribution in [1.82, 2.24) is 0 Å². The fourth-order valence-electron chi connectivity index (χ4n) is 17.0. The lowest BCUT2D eigenvalue weighted by molar-refractivity contribution is 0.582. The van der Waals surface area contributed by atoms with Crippen LogP contribution in [0.3, 0.4) is 0 Å². The predicted molar refractivity (Wildman–Crippen MR) is 637 cm³/mol. The summed E-state index contributed by atoms with van der Waals surface area (Å²) in [6.07, 6.45) is 0. The summed E-state index contributed by atoms with van der Waals surface area (Å²) in [4.78, 5) is 0. The van der Waals surface area contributed by atoms with Gasteiger partial charge in [-0.25, -0.2) is 13.2 Å². The maximum atomic E-state index is 13.8. The van der Waals surface area contributed by atoms with Crippen LogP contribution in [0.2, 0.25) is 0 Å². The molecular weight excluding hydrogens is 1820 g/mol. The van der Waals surface area contributed by atoms with E-state index in [0.717, 1.165) is 44.5 Å². The molecule has 0 radical (unpaired) electrons. The highest BCUT2D eigenvalue weighted by Crippen LogP contribution is 2.40. The molecule has 0 bridgehead atoms. The third-order valence-corrected chi connectivity index (χ3v) is 25.9. The van der Waals surface area contributed by atoms with E-state index in [2.05, 4.69) is 450 Å². The molecule has 3 nitrogen and oxygen atoms in total. The summed E-state index contributed by atoms with van der Waals surface area (Å²) in [7, 11) is 0. The molecule has 18 rings (SSSR count). The molecule has 0 aliphatic heterocycles. The normalized spacial score (nSPS) is 11.5. The van der Waals surface area contributed by atoms with Crippen LogP contribution in [0.4, 0.5) is 13.2 Å². The number of hydrogen-bond acceptors (Lipinski definition) is 3. The molecule has 0 amide bonds. The molecule has 0 fully saturated rings. The van der Waals surface area contributed by atoms with Crippen molar-refractivity contribution in [2.75, 3.05) is 0 Å². The zero-order valence-electron chi connectivity index (χ0n) is 94.2. The molecule has 18 aromatic rings. The van der Waals surface area contributed by atoms with Crippen molar-refractivity contribution < 1.29 is 13.2 Å². The fourth-order valence-corrected chi connectivity index (χ4v) is 17.0. The van der Waals surface area contributed by atoms with Crippen LogP contribution in [0.1, 0.15) is 280 Å². The van der Waals surface area contributed by atoms with Crippen LogP contribution >= 0.6 is 0 Å². The molecule has 18 aromatic carbocycles. The van der Waals surface area contributed by atoms with E-state index in [-0.39, 0.29) is 71.6 Å². The lowest BCUT2D eigenvalue weighted by Crippen LogP contribution is -2.12. The Bertz CT molecular complexity index is 7460. The maximum Gasteiger partial charge on any atom is 0.131 e. The molecule has 0 saturated carbocycles. The number of benzene rings is 18. The van der Waals surface area contributed by atoms with Gasteiger partial charge in [0.2, 0.25) is 0 Å². The third-order valence-electron chi connectivity index (χ3n) is 25.9. The molecule has 0 saturated heterocycles. The average Bonchev–Trinajstić information content (AvgIpc) is 0.766. The standard InChI is InChI=1S/2C20H20.2C16H17F.2C14H16.3C11H13N.C10H13F/c1-20(2,3)19-14-13-16(15-9-5-4-6-10-15)17-11-7-8-12-18(17)19;1-20(2,3)19-12-11-17-13-16(9-10-18(17)14-19)15-7-5-4-6-8-15;1-16(2,3)15-10-9-13(17)11-14(15)12-7-5-4-6-8-12;1-16(2,3)13-9-10-15(17)14(11-13)12-7-5-4-6-8-12;1-14(2,3)13-10-6-8-11-7-4-5-9-12(11)13;1-14(2,3)13-9-8-11-6-4-5-7-12(11)10-13;1-11(2,3)10-6-4-9(8-12)5-7-10;1-11(2,3)10-6-4-5-9(7-10)8-12;1-11(2,3)10-7-5-4-6-9(10)8-12;1-10(2,3)8-4-6-9(11)7-5-8/h2*4-14H,1-3H3;2*4-11H,1-3H3;2*4-10H,1-3H3;3*4-7H,1-3H3;4-7H,1-3H3. The lowest BCUT2D eigenvalue weighted by Gasteiger charge is -2.23. The number of nitriles is 3. The van der Waals surface area contributed by atoms with E-state index in [1.165, 1.54) is 128 Å². The Morgan fingerprint density at radius 1 is 0.168 bits per heavy atom. The second kappa shape index (κ2) is 51.7. The molecule has 6 heteroatoms. The Morgan fingerprint density at radius 3 is 0.980 bits per heavy atom. The van der Waals surface area contributed by atoms with E-state index in [1.807, 2.05) is 158 Å². The average molecular weight is 1980 g/mol. The summed E-state index contributed by atoms with van der Waals surface area (Å²) >= 11 is 0. The van der Waals surface area contributed by atoms with Gasteiger partial charge in [0.05, 0.1) is 34.9 Å². The summed E-state index contributed by atoms with van der Waals surface area (Å²) in [5.74, 6) is -0.515. The lowest BCUT2D eigenvalue weighted by atomic mass is 9.82. The van der Waals surface area contributed by atoms with Crippen molar-refractivity contribution in [3.05, 3.63) is 502 Å². The summed E-state index contributed by atoms with van der Waals surface area (Å²) in [6.45, 7) is 65.5. The van der Waals surface area contributed by atoms with Gasteiger partial charge in [0.15, 0.2) is 0 Å². The van der Waals surface area contributed by atoms with Gasteiger partial charge in [-0.2, -0.15) is 15.8 Å². The molecule has 0 aromatic heterocycles. The first-order valence-corrected chi connectivity index (χ1v) is 52.0. The van der Waals surface area contributed by atoms with Gasteiger partial charge in [-0.05, 0) is 265 Å². The van der Waals surface area contributed by atoms with Crippen LogP contribution in [-0.4, -0.2) is 0 Å². The summed E-state index contributed by atoms with van der Waals surface area (Å²) in [5.41, 5.74) is 25.1. The van der Waals surface area contributed by atoms with E-state index in [9.17, 15) is 13.2 Å². The van der Waals surface area contributed by atoms with Crippen molar-refractivity contribution in [2.24, 2.45) is 0 Å². The first-order chi connectivity index (χ1) is 69.9. The second-order valence-electron chi connectivity index (χ2n) is 48.5. The van der Waals surface area contributed by atoms with Gasteiger partial charge in [0.1, 0.15) is 17.5 Å². The summed E-state index contributed by atoms with van der Waals surface area (Å²) in [5, 5.41) is 36.8. The zero-order valence-corrected chi connectivity index (χ0v) is 94.2. The maximum absolute atomic E-state index is 13.8. The van der Waals surface area contributed by atoms with E-state index in [4.69, 9.17) is 15.8 Å². The number of fused-ring (bicyclic) bond motifs is 4. The Balaban J connectivity index is 0.000000185. The summed E-state index contributed by atoms with van der Waals surface area (Å²) < 4.78 is 39.7.